The van der Waals surface area contributed by atoms with E-state index < -0.39 is 5.54 Å². The van der Waals surface area contributed by atoms with E-state index in [1.165, 1.54) is 4.57 Å². The van der Waals surface area contributed by atoms with Crippen molar-refractivity contribution in [2.75, 3.05) is 13.1 Å². The molecule has 0 bridgehead atoms. The Hall–Kier alpha value is -2.34. The zero-order valence-electron chi connectivity index (χ0n) is 15.4. The number of allylic oxidation sites excluding steroid dienone is 2. The van der Waals surface area contributed by atoms with Gasteiger partial charge in [-0.1, -0.05) is 56.3 Å². The number of fused-ring (bicyclic) bond motifs is 2. The first kappa shape index (κ1) is 17.1. The van der Waals surface area contributed by atoms with Gasteiger partial charge in [0.15, 0.2) is 0 Å². The summed E-state index contributed by atoms with van der Waals surface area (Å²) in [5, 5.41) is 3.36. The second-order valence-electron chi connectivity index (χ2n) is 7.74. The molecule has 2 aromatic rings. The number of piperidine rings is 1. The predicted molar refractivity (Wildman–Crippen MR) is 102 cm³/mol. The fourth-order valence-corrected chi connectivity index (χ4v) is 4.24. The van der Waals surface area contributed by atoms with Crippen molar-refractivity contribution in [2.45, 2.75) is 44.8 Å². The van der Waals surface area contributed by atoms with E-state index in [0.717, 1.165) is 31.5 Å². The van der Waals surface area contributed by atoms with Crippen molar-refractivity contribution in [3.63, 3.8) is 0 Å². The van der Waals surface area contributed by atoms with E-state index in [4.69, 9.17) is 0 Å². The van der Waals surface area contributed by atoms with Crippen molar-refractivity contribution >= 4 is 0 Å². The molecular formula is C20H26N4O2. The number of hydrogen-bond donors (Lipinski definition) is 1. The maximum Gasteiger partial charge on any atom is 0.348 e. The molecule has 138 valence electrons. The minimum absolute atomic E-state index is 0.0901. The van der Waals surface area contributed by atoms with Crippen LogP contribution in [0.5, 0.6) is 0 Å². The summed E-state index contributed by atoms with van der Waals surface area (Å²) in [5.41, 5.74) is 0.161. The highest BCUT2D eigenvalue weighted by molar-refractivity contribution is 5.17. The Morgan fingerprint density at radius 2 is 1.81 bits per heavy atom. The van der Waals surface area contributed by atoms with Crippen LogP contribution in [0.25, 0.3) is 0 Å². The lowest BCUT2D eigenvalue weighted by Gasteiger charge is -2.41. The maximum atomic E-state index is 13.3. The summed E-state index contributed by atoms with van der Waals surface area (Å²) in [4.78, 5) is 26.6. The molecule has 1 N–H and O–H groups in total. The van der Waals surface area contributed by atoms with Crippen LogP contribution in [0.3, 0.4) is 0 Å². The molecule has 2 aliphatic rings. The Morgan fingerprint density at radius 3 is 2.46 bits per heavy atom. The molecule has 1 saturated heterocycles. The third-order valence-corrected chi connectivity index (χ3v) is 5.70. The van der Waals surface area contributed by atoms with E-state index in [-0.39, 0.29) is 23.3 Å². The highest BCUT2D eigenvalue weighted by Gasteiger charge is 2.41. The van der Waals surface area contributed by atoms with Gasteiger partial charge in [-0.05, 0) is 37.4 Å². The van der Waals surface area contributed by atoms with Crippen molar-refractivity contribution in [3.05, 3.63) is 69.0 Å². The first-order valence-electron chi connectivity index (χ1n) is 9.42. The number of nitrogens with zero attached hydrogens (tertiary/aromatic N) is 3. The monoisotopic (exact) mass is 354 g/mol. The summed E-state index contributed by atoms with van der Waals surface area (Å²) >= 11 is 0. The zero-order chi connectivity index (χ0) is 18.3. The molecule has 1 aromatic carbocycles. The molecule has 3 heterocycles. The molecule has 0 amide bonds. The van der Waals surface area contributed by atoms with Gasteiger partial charge >= 0.3 is 11.4 Å². The van der Waals surface area contributed by atoms with Crippen molar-refractivity contribution in [1.82, 2.24) is 19.2 Å². The Bertz CT molecular complexity index is 927. The molecule has 1 atom stereocenters. The summed E-state index contributed by atoms with van der Waals surface area (Å²) in [5.74, 6) is 0.237. The number of nitrogens with one attached hydrogen (secondary N) is 1. The molecule has 0 aliphatic carbocycles. The van der Waals surface area contributed by atoms with Crippen LogP contribution in [0, 0.1) is 5.92 Å². The lowest BCUT2D eigenvalue weighted by Crippen LogP contribution is -2.52. The summed E-state index contributed by atoms with van der Waals surface area (Å²) in [7, 11) is 0. The molecule has 0 radical (unpaired) electrons. The standard InChI is InChI=1S/C20H26N4O2/c1-15(2)17-8-9-20(10-12-21-13-11-20)24-19(26)22(18(25)23(17)24)14-16-6-4-3-5-7-16/h3-9,15,17,21H,10-14H2,1-2H3. The van der Waals surface area contributed by atoms with Gasteiger partial charge in [-0.3, -0.25) is 0 Å². The van der Waals surface area contributed by atoms with Gasteiger partial charge in [-0.25, -0.2) is 23.5 Å². The summed E-state index contributed by atoms with van der Waals surface area (Å²) in [6, 6.07) is 9.61. The summed E-state index contributed by atoms with van der Waals surface area (Å²) in [6.07, 6.45) is 5.95. The van der Waals surface area contributed by atoms with Gasteiger partial charge in [0.2, 0.25) is 0 Å². The van der Waals surface area contributed by atoms with Crippen LogP contribution in [0.15, 0.2) is 52.1 Å². The topological polar surface area (TPSA) is 61.0 Å². The Balaban J connectivity index is 1.89. The van der Waals surface area contributed by atoms with E-state index >= 15 is 0 Å². The minimum atomic E-state index is -0.394. The SMILES string of the molecule is CC(C)C1C=CC2(CCNCC2)n2c(=O)n(Cc3ccccc3)c(=O)n21. The fraction of sp³-hybridized carbons (Fsp3) is 0.500. The van der Waals surface area contributed by atoms with Crippen LogP contribution in [-0.2, 0) is 12.1 Å². The van der Waals surface area contributed by atoms with E-state index in [1.54, 1.807) is 9.36 Å². The Kier molecular flexibility index (Phi) is 4.23. The van der Waals surface area contributed by atoms with Crippen molar-refractivity contribution in [2.24, 2.45) is 5.92 Å². The molecule has 6 nitrogen and oxygen atoms in total. The van der Waals surface area contributed by atoms with Crippen LogP contribution in [0.1, 0.15) is 38.3 Å². The smallest absolute Gasteiger partial charge is 0.317 e. The first-order chi connectivity index (χ1) is 12.5. The van der Waals surface area contributed by atoms with Gasteiger partial charge < -0.3 is 5.32 Å². The van der Waals surface area contributed by atoms with Crippen LogP contribution >= 0.6 is 0 Å². The first-order valence-corrected chi connectivity index (χ1v) is 9.42. The molecule has 1 aromatic heterocycles. The Labute approximate surface area is 152 Å². The second kappa shape index (κ2) is 6.43. The summed E-state index contributed by atoms with van der Waals surface area (Å²) in [6.45, 7) is 6.18. The van der Waals surface area contributed by atoms with Crippen molar-refractivity contribution in [1.29, 1.82) is 0 Å². The highest BCUT2D eigenvalue weighted by atomic mass is 16.2. The number of aromatic nitrogens is 3. The summed E-state index contributed by atoms with van der Waals surface area (Å²) < 4.78 is 4.85. The normalized spacial score (nSPS) is 21.3. The Morgan fingerprint density at radius 1 is 1.12 bits per heavy atom. The fourth-order valence-electron chi connectivity index (χ4n) is 4.24. The minimum Gasteiger partial charge on any atom is -0.317 e. The number of hydrogen-bond acceptors (Lipinski definition) is 3. The van der Waals surface area contributed by atoms with Gasteiger partial charge in [0.05, 0.1) is 18.1 Å². The molecular weight excluding hydrogens is 328 g/mol. The lowest BCUT2D eigenvalue weighted by atomic mass is 9.85. The molecule has 4 rings (SSSR count). The van der Waals surface area contributed by atoms with E-state index in [1.807, 2.05) is 30.3 Å². The quantitative estimate of drug-likeness (QED) is 0.854. The molecule has 1 unspecified atom stereocenters. The number of rotatable bonds is 3. The molecule has 6 heteroatoms. The average molecular weight is 354 g/mol. The second-order valence-corrected chi connectivity index (χ2v) is 7.74. The molecule has 0 saturated carbocycles. The third-order valence-electron chi connectivity index (χ3n) is 5.70. The van der Waals surface area contributed by atoms with E-state index in [2.05, 4.69) is 31.3 Å². The van der Waals surface area contributed by atoms with E-state index in [9.17, 15) is 9.59 Å². The van der Waals surface area contributed by atoms with Crippen LogP contribution < -0.4 is 16.7 Å². The van der Waals surface area contributed by atoms with Crippen molar-refractivity contribution in [3.8, 4) is 0 Å². The molecule has 2 aliphatic heterocycles. The van der Waals surface area contributed by atoms with Gasteiger partial charge in [0, 0.05) is 0 Å². The predicted octanol–water partition coefficient (Wildman–Crippen LogP) is 1.71. The molecule has 1 fully saturated rings. The van der Waals surface area contributed by atoms with Gasteiger partial charge in [0.1, 0.15) is 0 Å². The van der Waals surface area contributed by atoms with Crippen LogP contribution in [0.4, 0.5) is 0 Å². The van der Waals surface area contributed by atoms with Gasteiger partial charge in [-0.2, -0.15) is 0 Å². The largest absolute Gasteiger partial charge is 0.348 e. The van der Waals surface area contributed by atoms with Crippen molar-refractivity contribution < 1.29 is 0 Å². The highest BCUT2D eigenvalue weighted by Crippen LogP contribution is 2.34. The van der Waals surface area contributed by atoms with Gasteiger partial charge in [0.25, 0.3) is 0 Å². The number of benzene rings is 1. The third kappa shape index (κ3) is 2.60. The lowest BCUT2D eigenvalue weighted by molar-refractivity contribution is 0.170. The van der Waals surface area contributed by atoms with Crippen LogP contribution in [-0.4, -0.2) is 27.0 Å². The molecule has 1 spiro atoms. The van der Waals surface area contributed by atoms with E-state index in [0.29, 0.717) is 6.54 Å². The zero-order valence-corrected chi connectivity index (χ0v) is 15.4. The van der Waals surface area contributed by atoms with Crippen LogP contribution in [0.2, 0.25) is 0 Å². The average Bonchev–Trinajstić information content (AvgIpc) is 2.90. The maximum absolute atomic E-state index is 13.3. The van der Waals surface area contributed by atoms with Gasteiger partial charge in [-0.15, -0.1) is 0 Å². The molecule has 26 heavy (non-hydrogen) atoms.